The number of aromatic nitrogens is 4. The van der Waals surface area contributed by atoms with Crippen LogP contribution in [0.3, 0.4) is 0 Å². The minimum absolute atomic E-state index is 0.190. The maximum absolute atomic E-state index is 12.6. The monoisotopic (exact) mass is 336 g/mol. The molecule has 3 aromatic rings. The summed E-state index contributed by atoms with van der Waals surface area (Å²) in [6, 6.07) is 5.15. The summed E-state index contributed by atoms with van der Waals surface area (Å²) in [5.74, 6) is 1.12. The number of fused-ring (bicyclic) bond motifs is 1. The van der Waals surface area contributed by atoms with Crippen molar-refractivity contribution in [2.45, 2.75) is 4.34 Å². The summed E-state index contributed by atoms with van der Waals surface area (Å²) in [6.07, 6.45) is 1.89. The van der Waals surface area contributed by atoms with Crippen LogP contribution in [-0.4, -0.2) is 40.3 Å². The van der Waals surface area contributed by atoms with Crippen LogP contribution in [0.25, 0.3) is 16.2 Å². The Morgan fingerprint density at radius 3 is 2.73 bits per heavy atom. The second-order valence-corrected chi connectivity index (χ2v) is 6.20. The number of ether oxygens (including phenoxy) is 2. The van der Waals surface area contributed by atoms with Crippen LogP contribution in [0.4, 0.5) is 0 Å². The van der Waals surface area contributed by atoms with Crippen molar-refractivity contribution in [1.29, 1.82) is 0 Å². The zero-order valence-electron chi connectivity index (χ0n) is 12.1. The Kier molecular flexibility index (Phi) is 3.99. The first-order chi connectivity index (χ1) is 10.7. The standard InChI is InChI=1S/C13H12N4O3S2/c1-19-7-4-5-8(9(6-7)20-2)10-11(18)17-12(15-14-10)22-13(16-17)21-3/h4-6H,1-3H3. The van der Waals surface area contributed by atoms with E-state index in [4.69, 9.17) is 9.47 Å². The third-order valence-electron chi connectivity index (χ3n) is 3.01. The lowest BCUT2D eigenvalue weighted by Gasteiger charge is -2.08. The second-order valence-electron chi connectivity index (χ2n) is 4.19. The fourth-order valence-electron chi connectivity index (χ4n) is 1.94. The molecule has 0 aliphatic rings. The molecule has 0 saturated carbocycles. The molecule has 114 valence electrons. The Labute approximate surface area is 133 Å². The zero-order valence-corrected chi connectivity index (χ0v) is 13.7. The highest BCUT2D eigenvalue weighted by atomic mass is 32.2. The third-order valence-corrected chi connectivity index (χ3v) is 4.88. The number of hydrogen-bond donors (Lipinski definition) is 0. The average molecular weight is 336 g/mol. The van der Waals surface area contributed by atoms with Crippen LogP contribution in [0.5, 0.6) is 11.5 Å². The predicted octanol–water partition coefficient (Wildman–Crippen LogP) is 1.95. The second kappa shape index (κ2) is 5.93. The normalized spacial score (nSPS) is 10.9. The number of thioether (sulfide) groups is 1. The van der Waals surface area contributed by atoms with Crippen molar-refractivity contribution in [2.24, 2.45) is 0 Å². The van der Waals surface area contributed by atoms with Gasteiger partial charge in [-0.25, -0.2) is 0 Å². The van der Waals surface area contributed by atoms with Gasteiger partial charge in [0.05, 0.1) is 19.8 Å². The molecular formula is C13H12N4O3S2. The van der Waals surface area contributed by atoms with Gasteiger partial charge in [0, 0.05) is 6.07 Å². The van der Waals surface area contributed by atoms with Crippen LogP contribution in [0.1, 0.15) is 0 Å². The van der Waals surface area contributed by atoms with Gasteiger partial charge in [0.2, 0.25) is 4.96 Å². The Bertz CT molecular complexity index is 891. The van der Waals surface area contributed by atoms with Crippen LogP contribution in [0.15, 0.2) is 27.3 Å². The maximum Gasteiger partial charge on any atom is 0.302 e. The summed E-state index contributed by atoms with van der Waals surface area (Å²) in [5, 5.41) is 12.3. The molecule has 0 aliphatic carbocycles. The van der Waals surface area contributed by atoms with Crippen molar-refractivity contribution < 1.29 is 9.47 Å². The molecule has 0 unspecified atom stereocenters. The van der Waals surface area contributed by atoms with E-state index in [1.165, 1.54) is 34.7 Å². The van der Waals surface area contributed by atoms with Crippen LogP contribution in [0.2, 0.25) is 0 Å². The lowest BCUT2D eigenvalue weighted by atomic mass is 10.1. The highest BCUT2D eigenvalue weighted by Gasteiger charge is 2.17. The fraction of sp³-hybridized carbons (Fsp3) is 0.231. The first-order valence-electron chi connectivity index (χ1n) is 6.21. The first-order valence-corrected chi connectivity index (χ1v) is 8.25. The van der Waals surface area contributed by atoms with Crippen molar-refractivity contribution >= 4 is 28.1 Å². The summed E-state index contributed by atoms with van der Waals surface area (Å²) in [5.41, 5.74) is 0.411. The van der Waals surface area contributed by atoms with E-state index in [0.717, 1.165) is 4.34 Å². The molecule has 0 bridgehead atoms. The molecular weight excluding hydrogens is 324 g/mol. The Balaban J connectivity index is 2.22. The molecule has 0 atom stereocenters. The molecule has 3 rings (SSSR count). The van der Waals surface area contributed by atoms with Crippen molar-refractivity contribution in [3.8, 4) is 22.8 Å². The fourth-order valence-corrected chi connectivity index (χ4v) is 3.23. The number of nitrogens with zero attached hydrogens (tertiary/aromatic N) is 4. The van der Waals surface area contributed by atoms with Gasteiger partial charge in [-0.05, 0) is 18.4 Å². The number of methoxy groups -OCH3 is 2. The van der Waals surface area contributed by atoms with Gasteiger partial charge in [0.25, 0.3) is 0 Å². The molecule has 22 heavy (non-hydrogen) atoms. The molecule has 0 fully saturated rings. The number of benzene rings is 1. The maximum atomic E-state index is 12.6. The van der Waals surface area contributed by atoms with Crippen molar-refractivity contribution in [1.82, 2.24) is 19.8 Å². The van der Waals surface area contributed by atoms with Gasteiger partial charge in [0.15, 0.2) is 10.0 Å². The summed E-state index contributed by atoms with van der Waals surface area (Å²) >= 11 is 2.78. The molecule has 0 radical (unpaired) electrons. The average Bonchev–Trinajstić information content (AvgIpc) is 2.99. The van der Waals surface area contributed by atoms with Crippen molar-refractivity contribution in [3.63, 3.8) is 0 Å². The zero-order chi connectivity index (χ0) is 15.7. The van der Waals surface area contributed by atoms with E-state index in [0.29, 0.717) is 22.0 Å². The van der Waals surface area contributed by atoms with Gasteiger partial charge in [0.1, 0.15) is 11.5 Å². The third kappa shape index (κ3) is 2.42. The minimum Gasteiger partial charge on any atom is -0.497 e. The van der Waals surface area contributed by atoms with Gasteiger partial charge >= 0.3 is 5.56 Å². The molecule has 9 heteroatoms. The van der Waals surface area contributed by atoms with Gasteiger partial charge in [-0.15, -0.1) is 15.3 Å². The minimum atomic E-state index is -0.329. The van der Waals surface area contributed by atoms with Gasteiger partial charge in [-0.1, -0.05) is 23.1 Å². The van der Waals surface area contributed by atoms with E-state index in [-0.39, 0.29) is 11.3 Å². The van der Waals surface area contributed by atoms with E-state index >= 15 is 0 Å². The van der Waals surface area contributed by atoms with Crippen LogP contribution in [-0.2, 0) is 0 Å². The van der Waals surface area contributed by atoms with Crippen LogP contribution >= 0.6 is 23.1 Å². The molecule has 7 nitrogen and oxygen atoms in total. The first kappa shape index (κ1) is 14.8. The van der Waals surface area contributed by atoms with E-state index in [2.05, 4.69) is 15.3 Å². The molecule has 0 saturated heterocycles. The predicted molar refractivity (Wildman–Crippen MR) is 85.3 cm³/mol. The molecule has 2 aromatic heterocycles. The van der Waals surface area contributed by atoms with E-state index in [9.17, 15) is 4.79 Å². The Morgan fingerprint density at radius 2 is 2.05 bits per heavy atom. The van der Waals surface area contributed by atoms with Gasteiger partial charge < -0.3 is 9.47 Å². The lowest BCUT2D eigenvalue weighted by molar-refractivity contribution is 0.395. The summed E-state index contributed by atoms with van der Waals surface area (Å²) in [6.45, 7) is 0. The largest absolute Gasteiger partial charge is 0.497 e. The van der Waals surface area contributed by atoms with E-state index in [1.807, 2.05) is 6.26 Å². The molecule has 0 aliphatic heterocycles. The summed E-state index contributed by atoms with van der Waals surface area (Å²) in [4.78, 5) is 13.1. The molecule has 0 amide bonds. The van der Waals surface area contributed by atoms with Crippen LogP contribution in [0, 0.1) is 0 Å². The lowest BCUT2D eigenvalue weighted by Crippen LogP contribution is -2.19. The highest BCUT2D eigenvalue weighted by Crippen LogP contribution is 2.30. The molecule has 0 N–H and O–H groups in total. The van der Waals surface area contributed by atoms with Gasteiger partial charge in [-0.3, -0.25) is 4.79 Å². The van der Waals surface area contributed by atoms with Crippen LogP contribution < -0.4 is 15.0 Å². The molecule has 1 aromatic carbocycles. The summed E-state index contributed by atoms with van der Waals surface area (Å²) < 4.78 is 12.5. The van der Waals surface area contributed by atoms with Gasteiger partial charge in [-0.2, -0.15) is 4.52 Å². The van der Waals surface area contributed by atoms with Crippen molar-refractivity contribution in [3.05, 3.63) is 28.6 Å². The summed E-state index contributed by atoms with van der Waals surface area (Å²) in [7, 11) is 3.09. The Hall–Kier alpha value is -2.13. The number of hydrogen-bond acceptors (Lipinski definition) is 8. The molecule has 0 spiro atoms. The topological polar surface area (TPSA) is 78.6 Å². The molecule has 2 heterocycles. The number of rotatable bonds is 4. The van der Waals surface area contributed by atoms with Crippen molar-refractivity contribution in [2.75, 3.05) is 20.5 Å². The quantitative estimate of drug-likeness (QED) is 0.674. The SMILES string of the molecule is COc1ccc(-c2nnc3sc(SC)nn3c2=O)c(OC)c1. The Morgan fingerprint density at radius 1 is 1.23 bits per heavy atom. The van der Waals surface area contributed by atoms with E-state index < -0.39 is 0 Å². The highest BCUT2D eigenvalue weighted by molar-refractivity contribution is 8.00. The smallest absolute Gasteiger partial charge is 0.302 e. The van der Waals surface area contributed by atoms with E-state index in [1.54, 1.807) is 25.3 Å².